The first-order valence-corrected chi connectivity index (χ1v) is 5.70. The Labute approximate surface area is 112 Å². The van der Waals surface area contributed by atoms with E-state index in [1.807, 2.05) is 5.43 Å². The molecule has 3 N–H and O–H groups in total. The Bertz CT molecular complexity index is 803. The molecule has 8 heteroatoms. The van der Waals surface area contributed by atoms with Crippen molar-refractivity contribution in [3.63, 3.8) is 0 Å². The number of carbonyl (C=O) groups is 1. The van der Waals surface area contributed by atoms with E-state index in [1.165, 1.54) is 13.0 Å². The molecule has 2 aromatic rings. The number of hydrogen-bond donors (Lipinski definition) is 2. The highest BCUT2D eigenvalue weighted by molar-refractivity contribution is 5.83. The lowest BCUT2D eigenvalue weighted by atomic mass is 10.2. The van der Waals surface area contributed by atoms with Gasteiger partial charge in [0.2, 0.25) is 0 Å². The van der Waals surface area contributed by atoms with E-state index >= 15 is 0 Å². The summed E-state index contributed by atoms with van der Waals surface area (Å²) in [5.74, 6) is -0.790. The average molecular weight is 276 g/mol. The number of rotatable bonds is 3. The monoisotopic (exact) mass is 276 g/mol. The maximum absolute atomic E-state index is 12.2. The molecule has 0 saturated heterocycles. The molecule has 1 heterocycles. The Hall–Kier alpha value is -2.90. The van der Waals surface area contributed by atoms with Crippen molar-refractivity contribution in [3.8, 4) is 0 Å². The molecule has 1 aromatic carbocycles. The summed E-state index contributed by atoms with van der Waals surface area (Å²) in [5.41, 5.74) is 6.95. The first-order chi connectivity index (χ1) is 9.49. The van der Waals surface area contributed by atoms with Crippen LogP contribution >= 0.6 is 0 Å². The maximum atomic E-state index is 12.2. The summed E-state index contributed by atoms with van der Waals surface area (Å²) in [6.45, 7) is 1.43. The van der Waals surface area contributed by atoms with Gasteiger partial charge in [0.15, 0.2) is 0 Å². The topological polar surface area (TPSA) is 120 Å². The second kappa shape index (κ2) is 5.39. The zero-order valence-corrected chi connectivity index (χ0v) is 10.6. The molecule has 0 aliphatic carbocycles. The van der Waals surface area contributed by atoms with Gasteiger partial charge in [-0.1, -0.05) is 12.1 Å². The molecule has 0 saturated carbocycles. The average Bonchev–Trinajstić information content (AvgIpc) is 2.41. The van der Waals surface area contributed by atoms with E-state index < -0.39 is 17.3 Å². The van der Waals surface area contributed by atoms with Gasteiger partial charge in [0.25, 0.3) is 5.56 Å². The van der Waals surface area contributed by atoms with Crippen molar-refractivity contribution >= 4 is 22.7 Å². The van der Waals surface area contributed by atoms with Crippen molar-refractivity contribution in [2.75, 3.05) is 0 Å². The molecule has 0 aliphatic heterocycles. The summed E-state index contributed by atoms with van der Waals surface area (Å²) in [7, 11) is 0. The number of nitrogens with zero attached hydrogens (tertiary/aromatic N) is 2. The minimum Gasteiger partial charge on any atom is -0.409 e. The van der Waals surface area contributed by atoms with E-state index in [0.717, 1.165) is 4.57 Å². The largest absolute Gasteiger partial charge is 0.422 e. The number of fused-ring (bicyclic) bond motifs is 1. The lowest BCUT2D eigenvalue weighted by Crippen LogP contribution is -2.35. The summed E-state index contributed by atoms with van der Waals surface area (Å²) in [5, 5.41) is 3.93. The molecule has 20 heavy (non-hydrogen) atoms. The summed E-state index contributed by atoms with van der Waals surface area (Å²) >= 11 is 0. The van der Waals surface area contributed by atoms with Gasteiger partial charge in [-0.05, 0) is 19.1 Å². The Kier molecular flexibility index (Phi) is 3.65. The molecule has 0 spiro atoms. The van der Waals surface area contributed by atoms with Crippen molar-refractivity contribution in [2.24, 2.45) is 10.8 Å². The highest BCUT2D eigenvalue weighted by Crippen LogP contribution is 2.05. The second-order valence-electron chi connectivity index (χ2n) is 4.08. The fourth-order valence-corrected chi connectivity index (χ4v) is 1.66. The van der Waals surface area contributed by atoms with Crippen molar-refractivity contribution in [3.05, 3.63) is 45.2 Å². The van der Waals surface area contributed by atoms with Crippen LogP contribution in [0.1, 0.15) is 6.92 Å². The van der Waals surface area contributed by atoms with Crippen LogP contribution in [0.25, 0.3) is 11.0 Å². The van der Waals surface area contributed by atoms with Crippen molar-refractivity contribution < 1.29 is 9.21 Å². The third-order valence-electron chi connectivity index (χ3n) is 2.52. The number of primary amides is 1. The Balaban J connectivity index is 2.45. The maximum Gasteiger partial charge on any atom is 0.422 e. The molecular formula is C12H12N4O4. The molecule has 0 fully saturated rings. The quantitative estimate of drug-likeness (QED) is 0.605. The van der Waals surface area contributed by atoms with Crippen LogP contribution in [-0.4, -0.2) is 16.3 Å². The molecule has 2 amide bonds. The lowest BCUT2D eigenvalue weighted by Gasteiger charge is -2.04. The van der Waals surface area contributed by atoms with Crippen LogP contribution in [0.2, 0.25) is 0 Å². The van der Waals surface area contributed by atoms with E-state index in [9.17, 15) is 14.4 Å². The molecular weight excluding hydrogens is 264 g/mol. The number of para-hydroxylation sites is 1. The lowest BCUT2D eigenvalue weighted by molar-refractivity contribution is 0.249. The van der Waals surface area contributed by atoms with E-state index in [0.29, 0.717) is 11.1 Å². The van der Waals surface area contributed by atoms with Crippen LogP contribution in [-0.2, 0) is 6.54 Å². The van der Waals surface area contributed by atoms with Gasteiger partial charge < -0.3 is 10.2 Å². The number of benzene rings is 1. The molecule has 0 aliphatic rings. The fraction of sp³-hybridized carbons (Fsp3) is 0.167. The van der Waals surface area contributed by atoms with Gasteiger partial charge in [0.05, 0.1) is 17.6 Å². The third kappa shape index (κ3) is 2.74. The highest BCUT2D eigenvalue weighted by atomic mass is 16.4. The Morgan fingerprint density at radius 2 is 2.10 bits per heavy atom. The number of hydrogen-bond acceptors (Lipinski definition) is 5. The number of amides is 2. The summed E-state index contributed by atoms with van der Waals surface area (Å²) in [6.07, 6.45) is 0. The van der Waals surface area contributed by atoms with Crippen LogP contribution in [0, 0.1) is 0 Å². The van der Waals surface area contributed by atoms with Crippen LogP contribution in [0.15, 0.2) is 43.4 Å². The van der Waals surface area contributed by atoms with Crippen molar-refractivity contribution in [1.29, 1.82) is 0 Å². The van der Waals surface area contributed by atoms with E-state index in [2.05, 4.69) is 5.10 Å². The number of carbonyl (C=O) groups excluding carboxylic acids is 1. The fourth-order valence-electron chi connectivity index (χ4n) is 1.66. The number of aromatic nitrogens is 1. The molecule has 8 nitrogen and oxygen atoms in total. The number of nitrogens with one attached hydrogen (secondary N) is 1. The number of hydrazone groups is 1. The molecule has 104 valence electrons. The summed E-state index contributed by atoms with van der Waals surface area (Å²) in [6, 6.07) is 5.60. The van der Waals surface area contributed by atoms with Gasteiger partial charge in [0.1, 0.15) is 5.58 Å². The van der Waals surface area contributed by atoms with Crippen LogP contribution < -0.4 is 22.5 Å². The van der Waals surface area contributed by atoms with Crippen molar-refractivity contribution in [2.45, 2.75) is 13.5 Å². The Morgan fingerprint density at radius 3 is 2.80 bits per heavy atom. The van der Waals surface area contributed by atoms with Gasteiger partial charge in [-0.25, -0.2) is 19.6 Å². The molecule has 0 radical (unpaired) electrons. The van der Waals surface area contributed by atoms with E-state index in [1.54, 1.807) is 18.2 Å². The predicted molar refractivity (Wildman–Crippen MR) is 72.6 cm³/mol. The van der Waals surface area contributed by atoms with Crippen molar-refractivity contribution in [1.82, 2.24) is 9.99 Å². The van der Waals surface area contributed by atoms with Crippen LogP contribution in [0.3, 0.4) is 0 Å². The molecule has 1 aromatic heterocycles. The van der Waals surface area contributed by atoms with Gasteiger partial charge >= 0.3 is 11.8 Å². The normalized spacial score (nSPS) is 11.6. The summed E-state index contributed by atoms with van der Waals surface area (Å²) in [4.78, 5) is 34.4. The minimum absolute atomic E-state index is 0.105. The first kappa shape index (κ1) is 13.5. The standard InChI is InChI=1S/C12H12N4O4/c1-7(14-15-11(13)18)6-16-10(17)8-4-2-3-5-9(8)20-12(16)19/h2-5H,6H2,1H3,(H3,13,15,18). The number of nitrogens with two attached hydrogens (primary N) is 1. The number of urea groups is 1. The minimum atomic E-state index is -0.831. The van der Waals surface area contributed by atoms with E-state index in [4.69, 9.17) is 10.2 Å². The predicted octanol–water partition coefficient (Wildman–Crippen LogP) is -0.00110. The zero-order valence-electron chi connectivity index (χ0n) is 10.6. The Morgan fingerprint density at radius 1 is 1.40 bits per heavy atom. The zero-order chi connectivity index (χ0) is 14.7. The van der Waals surface area contributed by atoms with Crippen LogP contribution in [0.5, 0.6) is 0 Å². The molecule has 0 atom stereocenters. The highest BCUT2D eigenvalue weighted by Gasteiger charge is 2.09. The first-order valence-electron chi connectivity index (χ1n) is 5.70. The van der Waals surface area contributed by atoms with Gasteiger partial charge in [-0.2, -0.15) is 5.10 Å². The smallest absolute Gasteiger partial charge is 0.409 e. The summed E-state index contributed by atoms with van der Waals surface area (Å²) < 4.78 is 5.93. The molecule has 2 rings (SSSR count). The van der Waals surface area contributed by atoms with E-state index in [-0.39, 0.29) is 12.1 Å². The molecule has 0 unspecified atom stereocenters. The van der Waals surface area contributed by atoms with Gasteiger partial charge in [-0.15, -0.1) is 0 Å². The second-order valence-corrected chi connectivity index (χ2v) is 4.08. The van der Waals surface area contributed by atoms with Gasteiger partial charge in [0, 0.05) is 0 Å². The third-order valence-corrected chi connectivity index (χ3v) is 2.52. The van der Waals surface area contributed by atoms with Gasteiger partial charge in [-0.3, -0.25) is 4.79 Å². The molecule has 0 bridgehead atoms. The van der Waals surface area contributed by atoms with Crippen LogP contribution in [0.4, 0.5) is 4.79 Å². The SMILES string of the molecule is CC(Cn1c(=O)oc2ccccc2c1=O)=NNC(N)=O.